The van der Waals surface area contributed by atoms with Crippen LogP contribution in [0, 0.1) is 0 Å². The fraction of sp³-hybridized carbons (Fsp3) is 0.444. The first-order chi connectivity index (χ1) is 11.8. The number of oxazole rings is 1. The van der Waals surface area contributed by atoms with Gasteiger partial charge in [-0.2, -0.15) is 0 Å². The molecular weight excluding hydrogens is 306 g/mol. The lowest BCUT2D eigenvalue weighted by atomic mass is 9.98. The molecule has 3 rings (SSSR count). The molecule has 0 bridgehead atoms. The number of amides is 1. The molecule has 6 heteroatoms. The molecule has 128 valence electrons. The molecule has 0 spiro atoms. The molecule has 0 unspecified atom stereocenters. The maximum atomic E-state index is 12.2. The summed E-state index contributed by atoms with van der Waals surface area (Å²) in [7, 11) is 1.65. The third-order valence-electron chi connectivity index (χ3n) is 4.31. The van der Waals surface area contributed by atoms with Gasteiger partial charge in [0.15, 0.2) is 5.89 Å². The van der Waals surface area contributed by atoms with Gasteiger partial charge in [-0.1, -0.05) is 18.2 Å². The number of nitrogens with one attached hydrogen (secondary N) is 2. The van der Waals surface area contributed by atoms with E-state index in [2.05, 4.69) is 15.6 Å². The molecule has 0 radical (unpaired) electrons. The molecule has 1 fully saturated rings. The van der Waals surface area contributed by atoms with Gasteiger partial charge in [-0.25, -0.2) is 4.98 Å². The normalized spacial score (nSPS) is 15.2. The van der Waals surface area contributed by atoms with Crippen LogP contribution in [0.15, 0.2) is 34.9 Å². The smallest absolute Gasteiger partial charge is 0.288 e. The van der Waals surface area contributed by atoms with Crippen LogP contribution in [0.4, 0.5) is 0 Å². The third kappa shape index (κ3) is 3.94. The summed E-state index contributed by atoms with van der Waals surface area (Å²) in [4.78, 5) is 16.5. The van der Waals surface area contributed by atoms with E-state index in [9.17, 15) is 4.79 Å². The Hall–Kier alpha value is -2.34. The Morgan fingerprint density at radius 2 is 2.17 bits per heavy atom. The summed E-state index contributed by atoms with van der Waals surface area (Å²) in [5.74, 6) is 1.87. The Labute approximate surface area is 141 Å². The van der Waals surface area contributed by atoms with Crippen molar-refractivity contribution >= 4 is 5.91 Å². The molecule has 24 heavy (non-hydrogen) atoms. The summed E-state index contributed by atoms with van der Waals surface area (Å²) in [6.45, 7) is 2.45. The van der Waals surface area contributed by atoms with E-state index in [1.165, 1.54) is 6.20 Å². The van der Waals surface area contributed by atoms with Gasteiger partial charge in [0.25, 0.3) is 5.91 Å². The molecule has 0 aliphatic carbocycles. The average molecular weight is 329 g/mol. The Kier molecular flexibility index (Phi) is 5.48. The topological polar surface area (TPSA) is 76.4 Å². The largest absolute Gasteiger partial charge is 0.496 e. The molecular formula is C18H23N3O3. The zero-order valence-electron chi connectivity index (χ0n) is 13.9. The van der Waals surface area contributed by atoms with Gasteiger partial charge >= 0.3 is 0 Å². The molecule has 2 aromatic rings. The first kappa shape index (κ1) is 16.5. The number of para-hydroxylation sites is 1. The van der Waals surface area contributed by atoms with E-state index < -0.39 is 0 Å². The van der Waals surface area contributed by atoms with Gasteiger partial charge < -0.3 is 19.8 Å². The molecule has 1 aliphatic heterocycles. The third-order valence-corrected chi connectivity index (χ3v) is 4.31. The summed E-state index contributed by atoms with van der Waals surface area (Å²) in [6.07, 6.45) is 4.21. The maximum absolute atomic E-state index is 12.2. The summed E-state index contributed by atoms with van der Waals surface area (Å²) < 4.78 is 11.0. The number of carbonyl (C=O) groups is 1. The van der Waals surface area contributed by atoms with Crippen LogP contribution in [0.3, 0.4) is 0 Å². The molecule has 0 atom stereocenters. The zero-order valence-corrected chi connectivity index (χ0v) is 13.9. The molecule has 2 heterocycles. The van der Waals surface area contributed by atoms with Crippen molar-refractivity contribution in [1.82, 2.24) is 15.6 Å². The molecule has 0 saturated carbocycles. The van der Waals surface area contributed by atoms with Crippen molar-refractivity contribution in [2.24, 2.45) is 0 Å². The second-order valence-corrected chi connectivity index (χ2v) is 5.90. The predicted molar refractivity (Wildman–Crippen MR) is 90.4 cm³/mol. The lowest BCUT2D eigenvalue weighted by Crippen LogP contribution is -2.27. The second kappa shape index (κ2) is 7.97. The van der Waals surface area contributed by atoms with Crippen LogP contribution in [0.2, 0.25) is 0 Å². The number of hydrogen-bond acceptors (Lipinski definition) is 5. The van der Waals surface area contributed by atoms with Gasteiger partial charge in [-0.15, -0.1) is 0 Å². The number of piperidine rings is 1. The fourth-order valence-electron chi connectivity index (χ4n) is 2.96. The van der Waals surface area contributed by atoms with E-state index in [0.29, 0.717) is 24.8 Å². The van der Waals surface area contributed by atoms with Crippen molar-refractivity contribution < 1.29 is 13.9 Å². The van der Waals surface area contributed by atoms with Crippen LogP contribution in [0.5, 0.6) is 5.75 Å². The first-order valence-corrected chi connectivity index (χ1v) is 8.34. The van der Waals surface area contributed by atoms with Crippen molar-refractivity contribution in [2.45, 2.75) is 25.2 Å². The van der Waals surface area contributed by atoms with Crippen molar-refractivity contribution in [3.05, 3.63) is 47.7 Å². The van der Waals surface area contributed by atoms with Crippen LogP contribution in [-0.4, -0.2) is 37.6 Å². The number of hydrogen-bond donors (Lipinski definition) is 2. The van der Waals surface area contributed by atoms with Crippen LogP contribution in [0.1, 0.15) is 40.8 Å². The van der Waals surface area contributed by atoms with E-state index >= 15 is 0 Å². The standard InChI is InChI=1S/C18H23N3O3/c1-23-15-5-3-2-4-13(15)8-11-20-17(22)16-12-21-18(24-16)14-6-9-19-10-7-14/h2-5,12,14,19H,6-11H2,1H3,(H,20,22). The SMILES string of the molecule is COc1ccccc1CCNC(=O)c1cnc(C2CCNCC2)o1. The van der Waals surface area contributed by atoms with E-state index in [1.807, 2.05) is 24.3 Å². The number of carbonyl (C=O) groups excluding carboxylic acids is 1. The molecule has 1 aromatic heterocycles. The predicted octanol–water partition coefficient (Wildman–Crippen LogP) is 2.12. The maximum Gasteiger partial charge on any atom is 0.288 e. The number of ether oxygens (including phenoxy) is 1. The minimum atomic E-state index is -0.224. The highest BCUT2D eigenvalue weighted by atomic mass is 16.5. The van der Waals surface area contributed by atoms with Gasteiger partial charge in [-0.3, -0.25) is 4.79 Å². The van der Waals surface area contributed by atoms with Gasteiger partial charge in [0.05, 0.1) is 13.3 Å². The van der Waals surface area contributed by atoms with Crippen molar-refractivity contribution in [1.29, 1.82) is 0 Å². The van der Waals surface area contributed by atoms with E-state index in [1.54, 1.807) is 7.11 Å². The summed E-state index contributed by atoms with van der Waals surface area (Å²) >= 11 is 0. The van der Waals surface area contributed by atoms with Gasteiger partial charge in [0, 0.05) is 12.5 Å². The highest BCUT2D eigenvalue weighted by Crippen LogP contribution is 2.24. The molecule has 1 amide bonds. The zero-order chi connectivity index (χ0) is 16.8. The Bertz CT molecular complexity index is 678. The minimum Gasteiger partial charge on any atom is -0.496 e. The molecule has 1 saturated heterocycles. The van der Waals surface area contributed by atoms with Crippen LogP contribution >= 0.6 is 0 Å². The lowest BCUT2D eigenvalue weighted by Gasteiger charge is -2.19. The van der Waals surface area contributed by atoms with Crippen LogP contribution in [-0.2, 0) is 6.42 Å². The average Bonchev–Trinajstić information content (AvgIpc) is 3.13. The highest BCUT2D eigenvalue weighted by Gasteiger charge is 2.21. The number of methoxy groups -OCH3 is 1. The van der Waals surface area contributed by atoms with Crippen molar-refractivity contribution in [2.75, 3.05) is 26.7 Å². The van der Waals surface area contributed by atoms with E-state index in [-0.39, 0.29) is 11.7 Å². The van der Waals surface area contributed by atoms with Gasteiger partial charge in [0.1, 0.15) is 5.75 Å². The molecule has 1 aromatic carbocycles. The summed E-state index contributed by atoms with van der Waals surface area (Å²) in [5, 5.41) is 6.18. The second-order valence-electron chi connectivity index (χ2n) is 5.90. The Morgan fingerprint density at radius 1 is 1.38 bits per heavy atom. The van der Waals surface area contributed by atoms with Crippen molar-refractivity contribution in [3.63, 3.8) is 0 Å². The number of benzene rings is 1. The van der Waals surface area contributed by atoms with Gasteiger partial charge in [-0.05, 0) is 44.0 Å². The van der Waals surface area contributed by atoms with E-state index in [4.69, 9.17) is 9.15 Å². The summed E-state index contributed by atoms with van der Waals surface area (Å²) in [6, 6.07) is 7.80. The molecule has 6 nitrogen and oxygen atoms in total. The Balaban J connectivity index is 1.52. The number of aromatic nitrogens is 1. The van der Waals surface area contributed by atoms with Gasteiger partial charge in [0.2, 0.25) is 5.76 Å². The number of nitrogens with zero attached hydrogens (tertiary/aromatic N) is 1. The quantitative estimate of drug-likeness (QED) is 0.849. The lowest BCUT2D eigenvalue weighted by molar-refractivity contribution is 0.0923. The van der Waals surface area contributed by atoms with E-state index in [0.717, 1.165) is 37.2 Å². The van der Waals surface area contributed by atoms with Crippen molar-refractivity contribution in [3.8, 4) is 5.75 Å². The number of rotatable bonds is 6. The van der Waals surface area contributed by atoms with Crippen LogP contribution in [0.25, 0.3) is 0 Å². The monoisotopic (exact) mass is 329 g/mol. The highest BCUT2D eigenvalue weighted by molar-refractivity contribution is 5.91. The first-order valence-electron chi connectivity index (χ1n) is 8.34. The summed E-state index contributed by atoms with van der Waals surface area (Å²) in [5.41, 5.74) is 1.06. The Morgan fingerprint density at radius 3 is 2.96 bits per heavy atom. The molecule has 2 N–H and O–H groups in total. The molecule has 1 aliphatic rings. The van der Waals surface area contributed by atoms with Crippen LogP contribution < -0.4 is 15.4 Å². The fourth-order valence-corrected chi connectivity index (χ4v) is 2.96. The minimum absolute atomic E-state index is 0.224.